The maximum atomic E-state index is 14.6. The molecular formula is C24H38F2O4. The predicted molar refractivity (Wildman–Crippen MR) is 109 cm³/mol. The fourth-order valence-corrected chi connectivity index (χ4v) is 8.76. The lowest BCUT2D eigenvalue weighted by molar-refractivity contribution is -0.236. The van der Waals surface area contributed by atoms with Crippen molar-refractivity contribution in [2.45, 2.75) is 96.7 Å². The first-order valence-electron chi connectivity index (χ1n) is 11.9. The van der Waals surface area contributed by atoms with Crippen LogP contribution < -0.4 is 0 Å². The second kappa shape index (κ2) is 7.40. The Balaban J connectivity index is 1.59. The summed E-state index contributed by atoms with van der Waals surface area (Å²) in [4.78, 5) is 11.0. The SMILES string of the molecule is C[C@H](CCC(=O)O)[C@H]1CCC2C3C(CC[C@@]21C)C1(C)CC(F)(F)[C@H](O)C[C@H]1C[C@@H]3O. The summed E-state index contributed by atoms with van der Waals surface area (Å²) in [6.45, 7) is 6.46. The minimum absolute atomic E-state index is 0.0349. The van der Waals surface area contributed by atoms with Crippen LogP contribution in [-0.4, -0.2) is 39.4 Å². The Kier molecular flexibility index (Phi) is 5.53. The Morgan fingerprint density at radius 2 is 1.73 bits per heavy atom. The zero-order valence-corrected chi connectivity index (χ0v) is 18.5. The van der Waals surface area contributed by atoms with Crippen LogP contribution >= 0.6 is 0 Å². The van der Waals surface area contributed by atoms with Crippen molar-refractivity contribution in [1.82, 2.24) is 0 Å². The van der Waals surface area contributed by atoms with Gasteiger partial charge in [-0.3, -0.25) is 4.79 Å². The molecule has 4 nitrogen and oxygen atoms in total. The van der Waals surface area contributed by atoms with Gasteiger partial charge in [0.25, 0.3) is 5.92 Å². The fraction of sp³-hybridized carbons (Fsp3) is 0.958. The molecule has 0 aromatic rings. The van der Waals surface area contributed by atoms with Crippen LogP contribution in [0.3, 0.4) is 0 Å². The molecule has 0 heterocycles. The summed E-state index contributed by atoms with van der Waals surface area (Å²) in [5, 5.41) is 30.2. The summed E-state index contributed by atoms with van der Waals surface area (Å²) < 4.78 is 29.1. The largest absolute Gasteiger partial charge is 0.481 e. The second-order valence-electron chi connectivity index (χ2n) is 11.6. The number of carboxylic acids is 1. The van der Waals surface area contributed by atoms with Gasteiger partial charge in [0.1, 0.15) is 6.10 Å². The van der Waals surface area contributed by atoms with E-state index in [1.807, 2.05) is 6.92 Å². The lowest BCUT2D eigenvalue weighted by Gasteiger charge is -2.63. The summed E-state index contributed by atoms with van der Waals surface area (Å²) >= 11 is 0. The second-order valence-corrected chi connectivity index (χ2v) is 11.6. The number of aliphatic hydroxyl groups is 2. The molecule has 4 saturated carbocycles. The van der Waals surface area contributed by atoms with Gasteiger partial charge in [-0.2, -0.15) is 0 Å². The highest BCUT2D eigenvalue weighted by atomic mass is 19.3. The van der Waals surface area contributed by atoms with Gasteiger partial charge in [-0.15, -0.1) is 0 Å². The molecule has 0 saturated heterocycles. The van der Waals surface area contributed by atoms with Gasteiger partial charge >= 0.3 is 5.97 Å². The Hall–Kier alpha value is -0.750. The summed E-state index contributed by atoms with van der Waals surface area (Å²) in [6, 6.07) is 0. The van der Waals surface area contributed by atoms with Gasteiger partial charge in [0.15, 0.2) is 0 Å². The van der Waals surface area contributed by atoms with E-state index >= 15 is 0 Å². The van der Waals surface area contributed by atoms with Gasteiger partial charge in [0, 0.05) is 12.8 Å². The van der Waals surface area contributed by atoms with E-state index in [1.165, 1.54) is 0 Å². The summed E-state index contributed by atoms with van der Waals surface area (Å²) in [7, 11) is 0. The van der Waals surface area contributed by atoms with Crippen LogP contribution in [0.5, 0.6) is 0 Å². The van der Waals surface area contributed by atoms with E-state index < -0.39 is 29.5 Å². The highest BCUT2D eigenvalue weighted by Gasteiger charge is 2.66. The van der Waals surface area contributed by atoms with E-state index in [9.17, 15) is 23.8 Å². The lowest BCUT2D eigenvalue weighted by Crippen LogP contribution is -2.62. The molecule has 3 N–H and O–H groups in total. The molecule has 4 aliphatic carbocycles. The number of aliphatic hydroxyl groups excluding tert-OH is 2. The first-order chi connectivity index (χ1) is 13.9. The Morgan fingerprint density at radius 3 is 2.40 bits per heavy atom. The smallest absolute Gasteiger partial charge is 0.303 e. The van der Waals surface area contributed by atoms with E-state index in [1.54, 1.807) is 0 Å². The molecule has 0 spiro atoms. The van der Waals surface area contributed by atoms with Crippen LogP contribution in [-0.2, 0) is 4.79 Å². The molecule has 30 heavy (non-hydrogen) atoms. The number of halogens is 2. The minimum Gasteiger partial charge on any atom is -0.481 e. The third-order valence-electron chi connectivity index (χ3n) is 10.3. The molecule has 4 aliphatic rings. The van der Waals surface area contributed by atoms with Gasteiger partial charge < -0.3 is 15.3 Å². The molecule has 0 amide bonds. The molecule has 0 radical (unpaired) electrons. The van der Waals surface area contributed by atoms with E-state index in [0.717, 1.165) is 25.7 Å². The van der Waals surface area contributed by atoms with Gasteiger partial charge in [-0.25, -0.2) is 8.78 Å². The molecule has 0 aliphatic heterocycles. The zero-order valence-electron chi connectivity index (χ0n) is 18.5. The molecule has 172 valence electrons. The van der Waals surface area contributed by atoms with Gasteiger partial charge in [0.2, 0.25) is 0 Å². The minimum atomic E-state index is -3.05. The molecule has 10 atom stereocenters. The predicted octanol–water partition coefficient (Wildman–Crippen LogP) is 4.72. The van der Waals surface area contributed by atoms with Crippen molar-refractivity contribution in [3.63, 3.8) is 0 Å². The van der Waals surface area contributed by atoms with E-state index in [-0.39, 0.29) is 42.4 Å². The molecule has 4 rings (SSSR count). The number of aliphatic carboxylic acids is 1. The summed E-state index contributed by atoms with van der Waals surface area (Å²) in [5.41, 5.74) is -0.499. The topological polar surface area (TPSA) is 77.8 Å². The molecule has 0 bridgehead atoms. The molecular weight excluding hydrogens is 390 g/mol. The van der Waals surface area contributed by atoms with E-state index in [4.69, 9.17) is 5.11 Å². The first-order valence-corrected chi connectivity index (χ1v) is 11.9. The number of carbonyl (C=O) groups is 1. The van der Waals surface area contributed by atoms with Crippen LogP contribution in [0.4, 0.5) is 8.78 Å². The lowest BCUT2D eigenvalue weighted by atomic mass is 9.43. The summed E-state index contributed by atoms with van der Waals surface area (Å²) in [5.74, 6) is -2.72. The average Bonchev–Trinajstić information content (AvgIpc) is 2.99. The molecule has 4 unspecified atom stereocenters. The van der Waals surface area contributed by atoms with Crippen LogP contribution in [0.2, 0.25) is 0 Å². The number of fused-ring (bicyclic) bond motifs is 5. The van der Waals surface area contributed by atoms with E-state index in [2.05, 4.69) is 13.8 Å². The number of hydrogen-bond donors (Lipinski definition) is 3. The van der Waals surface area contributed by atoms with Crippen molar-refractivity contribution in [2.24, 2.45) is 46.3 Å². The maximum Gasteiger partial charge on any atom is 0.303 e. The van der Waals surface area contributed by atoms with Crippen molar-refractivity contribution in [2.75, 3.05) is 0 Å². The molecule has 4 fully saturated rings. The van der Waals surface area contributed by atoms with E-state index in [0.29, 0.717) is 30.6 Å². The highest BCUT2D eigenvalue weighted by molar-refractivity contribution is 5.66. The number of alkyl halides is 2. The molecule has 0 aromatic carbocycles. The third-order valence-corrected chi connectivity index (χ3v) is 10.3. The van der Waals surface area contributed by atoms with Gasteiger partial charge in [0.05, 0.1) is 6.10 Å². The van der Waals surface area contributed by atoms with Crippen LogP contribution in [0.25, 0.3) is 0 Å². The van der Waals surface area contributed by atoms with Crippen LogP contribution in [0.1, 0.15) is 78.6 Å². The third kappa shape index (κ3) is 3.32. The normalized spacial score (nSPS) is 50.8. The quantitative estimate of drug-likeness (QED) is 0.605. The standard InChI is InChI=1S/C24H38F2O4/c1-13(4-7-20(29)30)15-5-6-16-21-17(8-9-22(15,16)2)23(3)12-24(25,26)19(28)11-14(23)10-18(21)27/h13-19,21,27-28H,4-12H2,1-3H3,(H,29,30)/t13-,14-,15-,16?,17?,18+,19-,21?,22-,23?/m1/s1. The molecule has 0 aromatic heterocycles. The van der Waals surface area contributed by atoms with Crippen molar-refractivity contribution in [3.05, 3.63) is 0 Å². The molecule has 6 heteroatoms. The van der Waals surface area contributed by atoms with Crippen LogP contribution in [0.15, 0.2) is 0 Å². The Morgan fingerprint density at radius 1 is 1.07 bits per heavy atom. The Labute approximate surface area is 178 Å². The number of carboxylic acid groups (broad SMARTS) is 1. The number of rotatable bonds is 4. The zero-order chi connectivity index (χ0) is 22.1. The van der Waals surface area contributed by atoms with Crippen molar-refractivity contribution < 1.29 is 28.9 Å². The van der Waals surface area contributed by atoms with Crippen LogP contribution in [0, 0.1) is 46.3 Å². The van der Waals surface area contributed by atoms with Crippen molar-refractivity contribution in [3.8, 4) is 0 Å². The monoisotopic (exact) mass is 428 g/mol. The van der Waals surface area contributed by atoms with Gasteiger partial charge in [-0.1, -0.05) is 20.8 Å². The first kappa shape index (κ1) is 22.4. The Bertz CT molecular complexity index is 684. The highest BCUT2D eigenvalue weighted by Crippen LogP contribution is 2.69. The fourth-order valence-electron chi connectivity index (χ4n) is 8.76. The number of hydrogen-bond acceptors (Lipinski definition) is 3. The van der Waals surface area contributed by atoms with Crippen molar-refractivity contribution >= 4 is 5.97 Å². The van der Waals surface area contributed by atoms with Crippen molar-refractivity contribution in [1.29, 1.82) is 0 Å². The summed E-state index contributed by atoms with van der Waals surface area (Å²) in [6.07, 6.45) is 2.92. The maximum absolute atomic E-state index is 14.6. The average molecular weight is 429 g/mol. The van der Waals surface area contributed by atoms with Gasteiger partial charge in [-0.05, 0) is 91.3 Å².